The molecule has 94 valence electrons. The normalized spacial score (nSPS) is 12.4. The lowest BCUT2D eigenvalue weighted by atomic mass is 10.1. The van der Waals surface area contributed by atoms with Gasteiger partial charge in [-0.25, -0.2) is 9.07 Å². The average molecular weight is 247 g/mol. The zero-order valence-electron chi connectivity index (χ0n) is 10.0. The number of hydrogen-bond acceptors (Lipinski definition) is 3. The lowest BCUT2D eigenvalue weighted by Crippen LogP contribution is -2.28. The highest BCUT2D eigenvalue weighted by atomic mass is 19.1. The Labute approximate surface area is 104 Å². The molecule has 0 saturated carbocycles. The van der Waals surface area contributed by atoms with Crippen molar-refractivity contribution in [2.45, 2.75) is 19.5 Å². The number of halogens is 1. The quantitative estimate of drug-likeness (QED) is 0.891. The zero-order valence-corrected chi connectivity index (χ0v) is 10.0. The molecule has 18 heavy (non-hydrogen) atoms. The van der Waals surface area contributed by atoms with Crippen molar-refractivity contribution in [3.05, 3.63) is 63.8 Å². The van der Waals surface area contributed by atoms with Crippen LogP contribution in [0.15, 0.2) is 41.3 Å². The van der Waals surface area contributed by atoms with E-state index in [9.17, 15) is 9.18 Å². The summed E-state index contributed by atoms with van der Waals surface area (Å²) in [6.07, 6.45) is 1.60. The van der Waals surface area contributed by atoms with Crippen LogP contribution in [0.3, 0.4) is 0 Å². The van der Waals surface area contributed by atoms with Gasteiger partial charge in [0.1, 0.15) is 5.82 Å². The Balaban J connectivity index is 2.21. The Bertz CT molecular complexity index is 609. The Morgan fingerprint density at radius 2 is 2.22 bits per heavy atom. The van der Waals surface area contributed by atoms with Crippen LogP contribution in [-0.2, 0) is 6.54 Å². The van der Waals surface area contributed by atoms with Crippen LogP contribution in [0.4, 0.5) is 4.39 Å². The molecule has 1 heterocycles. The average Bonchev–Trinajstić information content (AvgIpc) is 2.32. The minimum absolute atomic E-state index is 0.207. The molecule has 0 fully saturated rings. The number of nitrogens with zero attached hydrogens (tertiary/aromatic N) is 2. The number of hydrogen-bond donors (Lipinski definition) is 1. The van der Waals surface area contributed by atoms with Crippen molar-refractivity contribution in [1.29, 1.82) is 0 Å². The molecule has 1 aromatic carbocycles. The van der Waals surface area contributed by atoms with Gasteiger partial charge in [0.05, 0.1) is 12.7 Å². The van der Waals surface area contributed by atoms with Crippen molar-refractivity contribution in [2.75, 3.05) is 0 Å². The van der Waals surface area contributed by atoms with Crippen LogP contribution in [0, 0.1) is 12.7 Å². The summed E-state index contributed by atoms with van der Waals surface area (Å²) in [7, 11) is 0. The second-order valence-corrected chi connectivity index (χ2v) is 4.21. The highest BCUT2D eigenvalue weighted by Crippen LogP contribution is 2.12. The fourth-order valence-corrected chi connectivity index (χ4v) is 1.69. The van der Waals surface area contributed by atoms with E-state index < -0.39 is 6.04 Å². The largest absolute Gasteiger partial charge is 0.322 e. The van der Waals surface area contributed by atoms with E-state index in [0.717, 1.165) is 5.56 Å². The molecule has 2 N–H and O–H groups in total. The summed E-state index contributed by atoms with van der Waals surface area (Å²) in [6.45, 7) is 2.02. The first-order chi connectivity index (χ1) is 8.56. The minimum atomic E-state index is -0.464. The van der Waals surface area contributed by atoms with Gasteiger partial charge in [-0.15, -0.1) is 0 Å². The lowest BCUT2D eigenvalue weighted by Gasteiger charge is -2.13. The molecule has 0 spiro atoms. The van der Waals surface area contributed by atoms with Crippen LogP contribution in [0.1, 0.15) is 17.2 Å². The maximum Gasteiger partial charge on any atom is 0.267 e. The highest BCUT2D eigenvalue weighted by Gasteiger charge is 2.09. The SMILES string of the molecule is Cc1cnn(CC(N)c2cccc(F)c2)c(=O)c1. The summed E-state index contributed by atoms with van der Waals surface area (Å²) >= 11 is 0. The van der Waals surface area contributed by atoms with Gasteiger partial charge in [0, 0.05) is 12.1 Å². The third kappa shape index (κ3) is 2.81. The van der Waals surface area contributed by atoms with Crippen LogP contribution >= 0.6 is 0 Å². The molecule has 0 aliphatic carbocycles. The molecule has 1 atom stereocenters. The van der Waals surface area contributed by atoms with Crippen LogP contribution in [0.5, 0.6) is 0 Å². The molecule has 5 heteroatoms. The molecule has 0 bridgehead atoms. The van der Waals surface area contributed by atoms with E-state index in [1.54, 1.807) is 25.3 Å². The van der Waals surface area contributed by atoms with E-state index in [4.69, 9.17) is 5.73 Å². The molecule has 0 radical (unpaired) electrons. The molecule has 4 nitrogen and oxygen atoms in total. The van der Waals surface area contributed by atoms with Gasteiger partial charge in [0.2, 0.25) is 0 Å². The monoisotopic (exact) mass is 247 g/mol. The Morgan fingerprint density at radius 3 is 2.89 bits per heavy atom. The third-order valence-corrected chi connectivity index (χ3v) is 2.65. The number of nitrogens with two attached hydrogens (primary N) is 1. The maximum absolute atomic E-state index is 13.1. The molecule has 0 aliphatic rings. The third-order valence-electron chi connectivity index (χ3n) is 2.65. The molecule has 1 aromatic heterocycles. The van der Waals surface area contributed by atoms with Gasteiger partial charge in [-0.05, 0) is 30.2 Å². The number of aryl methyl sites for hydroxylation is 1. The van der Waals surface area contributed by atoms with Gasteiger partial charge < -0.3 is 5.73 Å². The first kappa shape index (κ1) is 12.4. The maximum atomic E-state index is 13.1. The van der Waals surface area contributed by atoms with Gasteiger partial charge in [-0.2, -0.15) is 5.10 Å². The van der Waals surface area contributed by atoms with Crippen molar-refractivity contribution in [3.8, 4) is 0 Å². The van der Waals surface area contributed by atoms with Crippen molar-refractivity contribution in [3.63, 3.8) is 0 Å². The van der Waals surface area contributed by atoms with Crippen LogP contribution in [0.2, 0.25) is 0 Å². The standard InChI is InChI=1S/C13H14FN3O/c1-9-5-13(18)17(16-7-9)8-12(15)10-3-2-4-11(14)6-10/h2-7,12H,8,15H2,1H3. The molecule has 2 rings (SSSR count). The van der Waals surface area contributed by atoms with Crippen molar-refractivity contribution >= 4 is 0 Å². The predicted molar refractivity (Wildman–Crippen MR) is 66.6 cm³/mol. The molecular weight excluding hydrogens is 233 g/mol. The number of benzene rings is 1. The van der Waals surface area contributed by atoms with E-state index in [1.165, 1.54) is 22.9 Å². The fraction of sp³-hybridized carbons (Fsp3) is 0.231. The van der Waals surface area contributed by atoms with Crippen molar-refractivity contribution in [1.82, 2.24) is 9.78 Å². The Kier molecular flexibility index (Phi) is 3.53. The summed E-state index contributed by atoms with van der Waals surface area (Å²) in [4.78, 5) is 11.6. The smallest absolute Gasteiger partial charge is 0.267 e. The van der Waals surface area contributed by atoms with E-state index in [2.05, 4.69) is 5.10 Å². The van der Waals surface area contributed by atoms with E-state index in [0.29, 0.717) is 5.56 Å². The van der Waals surface area contributed by atoms with Gasteiger partial charge >= 0.3 is 0 Å². The van der Waals surface area contributed by atoms with Crippen molar-refractivity contribution in [2.24, 2.45) is 5.73 Å². The molecule has 0 amide bonds. The first-order valence-corrected chi connectivity index (χ1v) is 5.61. The summed E-state index contributed by atoms with van der Waals surface area (Å²) < 4.78 is 14.3. The molecule has 0 aliphatic heterocycles. The molecular formula is C13H14FN3O. The van der Waals surface area contributed by atoms with Crippen LogP contribution in [0.25, 0.3) is 0 Å². The first-order valence-electron chi connectivity index (χ1n) is 5.61. The second-order valence-electron chi connectivity index (χ2n) is 4.21. The van der Waals surface area contributed by atoms with E-state index >= 15 is 0 Å². The van der Waals surface area contributed by atoms with Crippen LogP contribution in [-0.4, -0.2) is 9.78 Å². The topological polar surface area (TPSA) is 60.9 Å². The highest BCUT2D eigenvalue weighted by molar-refractivity contribution is 5.19. The molecule has 1 unspecified atom stereocenters. The van der Waals surface area contributed by atoms with Gasteiger partial charge in [-0.1, -0.05) is 12.1 Å². The Hall–Kier alpha value is -2.01. The summed E-state index contributed by atoms with van der Waals surface area (Å²) in [6, 6.07) is 7.07. The molecule has 0 saturated heterocycles. The van der Waals surface area contributed by atoms with Gasteiger partial charge in [0.15, 0.2) is 0 Å². The lowest BCUT2D eigenvalue weighted by molar-refractivity contribution is 0.500. The van der Waals surface area contributed by atoms with Gasteiger partial charge in [-0.3, -0.25) is 4.79 Å². The summed E-state index contributed by atoms with van der Waals surface area (Å²) in [5.74, 6) is -0.341. The van der Waals surface area contributed by atoms with E-state index in [-0.39, 0.29) is 17.9 Å². The van der Waals surface area contributed by atoms with Crippen molar-refractivity contribution < 1.29 is 4.39 Å². The van der Waals surface area contributed by atoms with Gasteiger partial charge in [0.25, 0.3) is 5.56 Å². The summed E-state index contributed by atoms with van der Waals surface area (Å²) in [5, 5.41) is 4.00. The number of rotatable bonds is 3. The van der Waals surface area contributed by atoms with Crippen LogP contribution < -0.4 is 11.3 Å². The van der Waals surface area contributed by atoms with E-state index in [1.807, 2.05) is 0 Å². The molecule has 2 aromatic rings. The zero-order chi connectivity index (χ0) is 13.1. The minimum Gasteiger partial charge on any atom is -0.322 e. The fourth-order valence-electron chi connectivity index (χ4n) is 1.69. The Morgan fingerprint density at radius 1 is 1.44 bits per heavy atom. The predicted octanol–water partition coefficient (Wildman–Crippen LogP) is 1.39. The second kappa shape index (κ2) is 5.10. The number of aromatic nitrogens is 2. The summed E-state index contributed by atoms with van der Waals surface area (Å²) in [5.41, 5.74) is 7.17.